The van der Waals surface area contributed by atoms with Crippen LogP contribution in [0.3, 0.4) is 0 Å². The van der Waals surface area contributed by atoms with Crippen molar-refractivity contribution < 1.29 is 9.53 Å². The molecule has 1 aliphatic rings. The van der Waals surface area contributed by atoms with E-state index in [-0.39, 0.29) is 12.1 Å². The van der Waals surface area contributed by atoms with Crippen molar-refractivity contribution in [2.45, 2.75) is 77.0 Å². The highest BCUT2D eigenvalue weighted by molar-refractivity contribution is 5.68. The minimum atomic E-state index is -0.421. The second-order valence-electron chi connectivity index (χ2n) is 7.66. The van der Waals surface area contributed by atoms with Gasteiger partial charge in [-0.3, -0.25) is 0 Å². The van der Waals surface area contributed by atoms with Gasteiger partial charge < -0.3 is 20.3 Å². The molecule has 0 atom stereocenters. The van der Waals surface area contributed by atoms with Crippen molar-refractivity contribution >= 4 is 6.09 Å². The van der Waals surface area contributed by atoms with Gasteiger partial charge >= 0.3 is 6.09 Å². The van der Waals surface area contributed by atoms with Crippen molar-refractivity contribution in [3.8, 4) is 0 Å². The van der Waals surface area contributed by atoms with Gasteiger partial charge in [0.1, 0.15) is 5.60 Å². The summed E-state index contributed by atoms with van der Waals surface area (Å²) in [6, 6.07) is 0.873. The Balaban J connectivity index is 2.09. The Morgan fingerprint density at radius 3 is 2.23 bits per heavy atom. The van der Waals surface area contributed by atoms with Crippen LogP contribution in [-0.2, 0) is 4.74 Å². The molecule has 0 heterocycles. The SMILES string of the molecule is CN(C)CCCCNC1CCC(NC(=O)OC(C)(C)C)CC1. The number of nitrogens with one attached hydrogen (secondary N) is 2. The van der Waals surface area contributed by atoms with Gasteiger partial charge in [-0.2, -0.15) is 0 Å². The van der Waals surface area contributed by atoms with E-state index in [9.17, 15) is 4.79 Å². The molecule has 5 heteroatoms. The van der Waals surface area contributed by atoms with Gasteiger partial charge in [-0.15, -0.1) is 0 Å². The molecular formula is C17H35N3O2. The topological polar surface area (TPSA) is 53.6 Å². The van der Waals surface area contributed by atoms with Crippen LogP contribution in [0.5, 0.6) is 0 Å². The quantitative estimate of drug-likeness (QED) is 0.710. The van der Waals surface area contributed by atoms with Crippen molar-refractivity contribution in [3.63, 3.8) is 0 Å². The third-order valence-electron chi connectivity index (χ3n) is 3.91. The summed E-state index contributed by atoms with van der Waals surface area (Å²) in [6.07, 6.45) is 6.53. The monoisotopic (exact) mass is 313 g/mol. The molecule has 0 aromatic carbocycles. The fourth-order valence-corrected chi connectivity index (χ4v) is 2.78. The van der Waals surface area contributed by atoms with Crippen molar-refractivity contribution in [2.24, 2.45) is 0 Å². The highest BCUT2D eigenvalue weighted by Crippen LogP contribution is 2.19. The van der Waals surface area contributed by atoms with E-state index < -0.39 is 5.60 Å². The number of alkyl carbamates (subject to hydrolysis) is 1. The second-order valence-corrected chi connectivity index (χ2v) is 7.66. The number of hydrogen-bond acceptors (Lipinski definition) is 4. The minimum absolute atomic E-state index is 0.265. The molecule has 0 radical (unpaired) electrons. The summed E-state index contributed by atoms with van der Waals surface area (Å²) in [5.74, 6) is 0. The third kappa shape index (κ3) is 9.26. The summed E-state index contributed by atoms with van der Waals surface area (Å²) < 4.78 is 5.31. The fraction of sp³-hybridized carbons (Fsp3) is 0.941. The maximum Gasteiger partial charge on any atom is 0.407 e. The number of ether oxygens (including phenoxy) is 1. The second kappa shape index (κ2) is 9.36. The fourth-order valence-electron chi connectivity index (χ4n) is 2.78. The van der Waals surface area contributed by atoms with Gasteiger partial charge in [-0.25, -0.2) is 4.79 Å². The maximum absolute atomic E-state index is 11.8. The van der Waals surface area contributed by atoms with Gasteiger partial charge in [0, 0.05) is 12.1 Å². The average Bonchev–Trinajstić information content (AvgIpc) is 2.37. The van der Waals surface area contributed by atoms with Crippen LogP contribution in [0.25, 0.3) is 0 Å². The molecular weight excluding hydrogens is 278 g/mol. The van der Waals surface area contributed by atoms with Crippen LogP contribution in [0.1, 0.15) is 59.3 Å². The lowest BCUT2D eigenvalue weighted by Gasteiger charge is -2.30. The molecule has 0 aromatic rings. The van der Waals surface area contributed by atoms with Crippen molar-refractivity contribution in [1.29, 1.82) is 0 Å². The Morgan fingerprint density at radius 2 is 1.68 bits per heavy atom. The Bertz CT molecular complexity index is 318. The largest absolute Gasteiger partial charge is 0.444 e. The van der Waals surface area contributed by atoms with Gasteiger partial charge in [-0.05, 0) is 86.5 Å². The van der Waals surface area contributed by atoms with Crippen molar-refractivity contribution in [1.82, 2.24) is 15.5 Å². The molecule has 1 amide bonds. The number of nitrogens with zero attached hydrogens (tertiary/aromatic N) is 1. The lowest BCUT2D eigenvalue weighted by Crippen LogP contribution is -2.44. The van der Waals surface area contributed by atoms with E-state index in [2.05, 4.69) is 29.6 Å². The van der Waals surface area contributed by atoms with Gasteiger partial charge in [-0.1, -0.05) is 0 Å². The maximum atomic E-state index is 11.8. The Labute approximate surface area is 136 Å². The Hall–Kier alpha value is -0.810. The molecule has 1 aliphatic carbocycles. The predicted molar refractivity (Wildman–Crippen MR) is 91.2 cm³/mol. The molecule has 1 rings (SSSR count). The Kier molecular flexibility index (Phi) is 8.18. The molecule has 0 unspecified atom stereocenters. The highest BCUT2D eigenvalue weighted by atomic mass is 16.6. The van der Waals surface area contributed by atoms with E-state index in [1.165, 1.54) is 12.8 Å². The van der Waals surface area contributed by atoms with Crippen LogP contribution in [0.15, 0.2) is 0 Å². The van der Waals surface area contributed by atoms with E-state index >= 15 is 0 Å². The zero-order valence-corrected chi connectivity index (χ0v) is 15.1. The average molecular weight is 313 g/mol. The zero-order valence-electron chi connectivity index (χ0n) is 15.1. The molecule has 130 valence electrons. The number of amides is 1. The molecule has 0 bridgehead atoms. The molecule has 0 spiro atoms. The minimum Gasteiger partial charge on any atom is -0.444 e. The summed E-state index contributed by atoms with van der Waals surface area (Å²) >= 11 is 0. The number of carbonyl (C=O) groups is 1. The summed E-state index contributed by atoms with van der Waals surface area (Å²) in [6.45, 7) is 7.94. The number of unbranched alkanes of at least 4 members (excludes halogenated alkanes) is 1. The molecule has 0 aliphatic heterocycles. The summed E-state index contributed by atoms with van der Waals surface area (Å²) in [4.78, 5) is 14.0. The summed E-state index contributed by atoms with van der Waals surface area (Å²) in [5.41, 5.74) is -0.421. The zero-order chi connectivity index (χ0) is 16.6. The first-order valence-electron chi connectivity index (χ1n) is 8.64. The first-order chi connectivity index (χ1) is 10.3. The van der Waals surface area contributed by atoms with Gasteiger partial charge in [0.25, 0.3) is 0 Å². The molecule has 2 N–H and O–H groups in total. The molecule has 1 fully saturated rings. The van der Waals surface area contributed by atoms with E-state index in [0.29, 0.717) is 6.04 Å². The van der Waals surface area contributed by atoms with E-state index in [4.69, 9.17) is 4.74 Å². The lowest BCUT2D eigenvalue weighted by molar-refractivity contribution is 0.0490. The van der Waals surface area contributed by atoms with E-state index in [0.717, 1.165) is 38.8 Å². The van der Waals surface area contributed by atoms with Crippen LogP contribution in [0.2, 0.25) is 0 Å². The van der Waals surface area contributed by atoms with Crippen molar-refractivity contribution in [3.05, 3.63) is 0 Å². The van der Waals surface area contributed by atoms with Crippen molar-refractivity contribution in [2.75, 3.05) is 27.2 Å². The smallest absolute Gasteiger partial charge is 0.407 e. The number of rotatable bonds is 7. The standard InChI is InChI=1S/C17H35N3O2/c1-17(2,3)22-16(21)19-15-10-8-14(9-11-15)18-12-6-7-13-20(4)5/h14-15,18H,6-13H2,1-5H3,(H,19,21). The van der Waals surface area contributed by atoms with E-state index in [1.54, 1.807) is 0 Å². The summed E-state index contributed by atoms with van der Waals surface area (Å²) in [5, 5.41) is 6.64. The molecule has 1 saturated carbocycles. The molecule has 5 nitrogen and oxygen atoms in total. The first kappa shape index (κ1) is 19.2. The van der Waals surface area contributed by atoms with Crippen LogP contribution >= 0.6 is 0 Å². The van der Waals surface area contributed by atoms with E-state index in [1.807, 2.05) is 20.8 Å². The van der Waals surface area contributed by atoms with Crippen LogP contribution in [-0.4, -0.2) is 55.9 Å². The normalized spacial score (nSPS) is 22.6. The first-order valence-corrected chi connectivity index (χ1v) is 8.64. The van der Waals surface area contributed by atoms with Crippen LogP contribution < -0.4 is 10.6 Å². The molecule has 0 saturated heterocycles. The van der Waals surface area contributed by atoms with Gasteiger partial charge in [0.05, 0.1) is 0 Å². The Morgan fingerprint density at radius 1 is 1.09 bits per heavy atom. The lowest BCUT2D eigenvalue weighted by atomic mass is 9.91. The number of carbonyl (C=O) groups excluding carboxylic acids is 1. The van der Waals surface area contributed by atoms with Crippen LogP contribution in [0, 0.1) is 0 Å². The molecule has 22 heavy (non-hydrogen) atoms. The van der Waals surface area contributed by atoms with Gasteiger partial charge in [0.15, 0.2) is 0 Å². The highest BCUT2D eigenvalue weighted by Gasteiger charge is 2.24. The third-order valence-corrected chi connectivity index (χ3v) is 3.91. The van der Waals surface area contributed by atoms with Crippen LogP contribution in [0.4, 0.5) is 4.79 Å². The predicted octanol–water partition coefficient (Wildman–Crippen LogP) is 2.75. The summed E-state index contributed by atoms with van der Waals surface area (Å²) in [7, 11) is 4.23. The van der Waals surface area contributed by atoms with Gasteiger partial charge in [0.2, 0.25) is 0 Å². The number of hydrogen-bond donors (Lipinski definition) is 2. The molecule has 0 aromatic heterocycles.